The van der Waals surface area contributed by atoms with Crippen LogP contribution in [0.3, 0.4) is 0 Å². The van der Waals surface area contributed by atoms with Gasteiger partial charge in [0.2, 0.25) is 0 Å². The molecule has 0 amide bonds. The Bertz CT molecular complexity index is 405. The molecule has 2 rings (SSSR count). The van der Waals surface area contributed by atoms with Crippen molar-refractivity contribution < 1.29 is 0 Å². The number of rotatable bonds is 2. The maximum Gasteiger partial charge on any atom is 0.0715 e. The Labute approximate surface area is 77.2 Å². The smallest absolute Gasteiger partial charge is 0.0715 e. The third-order valence-electron chi connectivity index (χ3n) is 2.53. The average Bonchev–Trinajstić information content (AvgIpc) is 2.63. The molecule has 0 fully saturated rings. The second-order valence-corrected chi connectivity index (χ2v) is 3.37. The van der Waals surface area contributed by atoms with Gasteiger partial charge in [0.1, 0.15) is 0 Å². The van der Waals surface area contributed by atoms with Crippen LogP contribution in [0.1, 0.15) is 31.7 Å². The number of nitrogens with one attached hydrogen (secondary N) is 1. The summed E-state index contributed by atoms with van der Waals surface area (Å²) in [7, 11) is 0. The van der Waals surface area contributed by atoms with E-state index in [1.165, 1.54) is 5.56 Å². The fraction of sp³-hybridized carbons (Fsp3) is 0.400. The predicted octanol–water partition coefficient (Wildman–Crippen LogP) is 2.47. The molecule has 0 saturated carbocycles. The number of H-pyrrole nitrogens is 1. The van der Waals surface area contributed by atoms with Gasteiger partial charge in [0.25, 0.3) is 0 Å². The molecular weight excluding hydrogens is 162 g/mol. The molecule has 0 spiro atoms. The summed E-state index contributed by atoms with van der Waals surface area (Å²) in [6.07, 6.45) is 6.70. The lowest BCUT2D eigenvalue weighted by atomic mass is 9.99. The van der Waals surface area contributed by atoms with Crippen LogP contribution in [0, 0.1) is 0 Å². The summed E-state index contributed by atoms with van der Waals surface area (Å²) in [4.78, 5) is 4.19. The van der Waals surface area contributed by atoms with Crippen molar-refractivity contribution in [3.8, 4) is 0 Å². The van der Waals surface area contributed by atoms with E-state index in [1.54, 1.807) is 0 Å². The lowest BCUT2D eigenvalue weighted by molar-refractivity contribution is 0.734. The standard InChI is InChI=1S/C10H13N3/c1-3-7(2)9-6-11-4-8-5-12-13-10(8)9/h4-7H,3H2,1-2H3,(H,12,13). The molecule has 1 unspecified atom stereocenters. The van der Waals surface area contributed by atoms with E-state index in [4.69, 9.17) is 0 Å². The monoisotopic (exact) mass is 175 g/mol. The summed E-state index contributed by atoms with van der Waals surface area (Å²) in [5.41, 5.74) is 2.39. The van der Waals surface area contributed by atoms with E-state index in [-0.39, 0.29) is 0 Å². The van der Waals surface area contributed by atoms with E-state index in [0.29, 0.717) is 5.92 Å². The van der Waals surface area contributed by atoms with Crippen molar-refractivity contribution in [3.05, 3.63) is 24.2 Å². The van der Waals surface area contributed by atoms with Crippen molar-refractivity contribution in [2.24, 2.45) is 0 Å². The highest BCUT2D eigenvalue weighted by Crippen LogP contribution is 2.24. The normalized spacial score (nSPS) is 13.4. The van der Waals surface area contributed by atoms with Gasteiger partial charge in [-0.3, -0.25) is 10.1 Å². The van der Waals surface area contributed by atoms with E-state index < -0.39 is 0 Å². The molecule has 0 aromatic carbocycles. The first kappa shape index (κ1) is 8.23. The topological polar surface area (TPSA) is 41.6 Å². The third kappa shape index (κ3) is 1.30. The minimum absolute atomic E-state index is 0.539. The Morgan fingerprint density at radius 3 is 3.00 bits per heavy atom. The molecule has 0 saturated heterocycles. The van der Waals surface area contributed by atoms with Crippen molar-refractivity contribution in [2.75, 3.05) is 0 Å². The first-order valence-corrected chi connectivity index (χ1v) is 4.60. The molecule has 13 heavy (non-hydrogen) atoms. The Morgan fingerprint density at radius 2 is 2.23 bits per heavy atom. The number of fused-ring (bicyclic) bond motifs is 1. The van der Waals surface area contributed by atoms with Crippen molar-refractivity contribution >= 4 is 10.9 Å². The van der Waals surface area contributed by atoms with Crippen molar-refractivity contribution in [3.63, 3.8) is 0 Å². The van der Waals surface area contributed by atoms with Gasteiger partial charge in [-0.25, -0.2) is 0 Å². The van der Waals surface area contributed by atoms with Crippen LogP contribution in [-0.4, -0.2) is 15.2 Å². The van der Waals surface area contributed by atoms with Gasteiger partial charge in [-0.05, 0) is 17.9 Å². The molecule has 2 heterocycles. The lowest BCUT2D eigenvalue weighted by Crippen LogP contribution is -1.93. The number of aromatic nitrogens is 3. The molecule has 2 aromatic heterocycles. The van der Waals surface area contributed by atoms with Crippen molar-refractivity contribution in [2.45, 2.75) is 26.2 Å². The minimum atomic E-state index is 0.539. The van der Waals surface area contributed by atoms with Crippen LogP contribution < -0.4 is 0 Å². The average molecular weight is 175 g/mol. The second-order valence-electron chi connectivity index (χ2n) is 3.37. The lowest BCUT2D eigenvalue weighted by Gasteiger charge is -2.08. The maximum absolute atomic E-state index is 4.19. The molecule has 0 aliphatic heterocycles. The first-order valence-electron chi connectivity index (χ1n) is 4.60. The van der Waals surface area contributed by atoms with E-state index in [2.05, 4.69) is 29.0 Å². The van der Waals surface area contributed by atoms with Gasteiger partial charge in [0.15, 0.2) is 0 Å². The molecule has 0 aliphatic carbocycles. The molecule has 0 aliphatic rings. The predicted molar refractivity (Wildman–Crippen MR) is 52.6 cm³/mol. The van der Waals surface area contributed by atoms with Gasteiger partial charge >= 0.3 is 0 Å². The molecule has 1 atom stereocenters. The summed E-state index contributed by atoms with van der Waals surface area (Å²) in [6, 6.07) is 0. The number of hydrogen-bond acceptors (Lipinski definition) is 2. The number of aromatic amines is 1. The van der Waals surface area contributed by atoms with E-state index in [0.717, 1.165) is 17.3 Å². The molecule has 2 aromatic rings. The summed E-state index contributed by atoms with van der Waals surface area (Å²) in [6.45, 7) is 4.39. The fourth-order valence-electron chi connectivity index (χ4n) is 1.48. The van der Waals surface area contributed by atoms with Gasteiger partial charge in [0, 0.05) is 17.8 Å². The van der Waals surface area contributed by atoms with Gasteiger partial charge in [0.05, 0.1) is 11.7 Å². The number of pyridine rings is 1. The van der Waals surface area contributed by atoms with Crippen LogP contribution >= 0.6 is 0 Å². The zero-order valence-corrected chi connectivity index (χ0v) is 7.91. The first-order chi connectivity index (χ1) is 6.33. The molecule has 68 valence electrons. The van der Waals surface area contributed by atoms with Crippen LogP contribution in [-0.2, 0) is 0 Å². The Balaban J connectivity index is 2.60. The van der Waals surface area contributed by atoms with Crippen LogP contribution in [0.4, 0.5) is 0 Å². The SMILES string of the molecule is CCC(C)c1cncc2cn[nH]c12. The highest BCUT2D eigenvalue weighted by molar-refractivity contribution is 5.80. The second kappa shape index (κ2) is 3.17. The highest BCUT2D eigenvalue weighted by Gasteiger charge is 2.08. The quantitative estimate of drug-likeness (QED) is 0.761. The van der Waals surface area contributed by atoms with Crippen LogP contribution in [0.2, 0.25) is 0 Å². The number of nitrogens with zero attached hydrogens (tertiary/aromatic N) is 2. The molecule has 0 bridgehead atoms. The van der Waals surface area contributed by atoms with Crippen molar-refractivity contribution in [1.82, 2.24) is 15.2 Å². The zero-order chi connectivity index (χ0) is 9.26. The fourth-order valence-corrected chi connectivity index (χ4v) is 1.48. The Hall–Kier alpha value is -1.38. The minimum Gasteiger partial charge on any atom is -0.277 e. The van der Waals surface area contributed by atoms with Crippen LogP contribution in [0.5, 0.6) is 0 Å². The van der Waals surface area contributed by atoms with Gasteiger partial charge in [-0.1, -0.05) is 13.8 Å². The molecular formula is C10H13N3. The van der Waals surface area contributed by atoms with Crippen LogP contribution in [0.25, 0.3) is 10.9 Å². The Kier molecular flexibility index (Phi) is 2.00. The number of hydrogen-bond donors (Lipinski definition) is 1. The van der Waals surface area contributed by atoms with Crippen LogP contribution in [0.15, 0.2) is 18.6 Å². The Morgan fingerprint density at radius 1 is 1.38 bits per heavy atom. The molecule has 0 radical (unpaired) electrons. The summed E-state index contributed by atoms with van der Waals surface area (Å²) in [5.74, 6) is 0.539. The zero-order valence-electron chi connectivity index (χ0n) is 7.91. The maximum atomic E-state index is 4.19. The van der Waals surface area contributed by atoms with Crippen molar-refractivity contribution in [1.29, 1.82) is 0 Å². The van der Waals surface area contributed by atoms with Gasteiger partial charge in [-0.15, -0.1) is 0 Å². The third-order valence-corrected chi connectivity index (χ3v) is 2.53. The molecule has 1 N–H and O–H groups in total. The summed E-state index contributed by atoms with van der Waals surface area (Å²) >= 11 is 0. The molecule has 3 nitrogen and oxygen atoms in total. The van der Waals surface area contributed by atoms with Gasteiger partial charge in [-0.2, -0.15) is 5.10 Å². The van der Waals surface area contributed by atoms with E-state index in [9.17, 15) is 0 Å². The van der Waals surface area contributed by atoms with E-state index in [1.807, 2.05) is 18.6 Å². The summed E-state index contributed by atoms with van der Waals surface area (Å²) in [5, 5.41) is 8.12. The largest absolute Gasteiger partial charge is 0.277 e. The summed E-state index contributed by atoms with van der Waals surface area (Å²) < 4.78 is 0. The van der Waals surface area contributed by atoms with E-state index >= 15 is 0 Å². The van der Waals surface area contributed by atoms with Gasteiger partial charge < -0.3 is 0 Å². The molecule has 3 heteroatoms. The highest BCUT2D eigenvalue weighted by atomic mass is 15.1.